The average molecular weight is 483 g/mol. The second-order valence-electron chi connectivity index (χ2n) is 6.89. The second kappa shape index (κ2) is 8.50. The molecule has 32 heavy (non-hydrogen) atoms. The zero-order valence-corrected chi connectivity index (χ0v) is 18.6. The first-order valence-electron chi connectivity index (χ1n) is 9.51. The van der Waals surface area contributed by atoms with E-state index in [-0.39, 0.29) is 21.8 Å². The number of halogens is 3. The number of benzene rings is 3. The van der Waals surface area contributed by atoms with Crippen LogP contribution in [0.2, 0.25) is 10.0 Å². The van der Waals surface area contributed by atoms with Crippen LogP contribution in [0.3, 0.4) is 0 Å². The van der Waals surface area contributed by atoms with Gasteiger partial charge in [0.05, 0.1) is 32.9 Å². The zero-order chi connectivity index (χ0) is 22.2. The number of para-hydroxylation sites is 2. The van der Waals surface area contributed by atoms with Gasteiger partial charge in [0.25, 0.3) is 5.56 Å². The van der Waals surface area contributed by atoms with Crippen molar-refractivity contribution >= 4 is 56.8 Å². The molecule has 0 spiro atoms. The second-order valence-corrected chi connectivity index (χ2v) is 8.70. The van der Waals surface area contributed by atoms with Gasteiger partial charge in [-0.15, -0.1) is 0 Å². The lowest BCUT2D eigenvalue weighted by Crippen LogP contribution is -2.24. The predicted octanol–water partition coefficient (Wildman–Crippen LogP) is 6.07. The fourth-order valence-electron chi connectivity index (χ4n) is 3.47. The highest BCUT2D eigenvalue weighted by molar-refractivity contribution is 7.98. The van der Waals surface area contributed by atoms with E-state index in [2.05, 4.69) is 15.0 Å². The maximum atomic E-state index is 14.7. The van der Waals surface area contributed by atoms with Crippen molar-refractivity contribution in [3.8, 4) is 5.69 Å². The van der Waals surface area contributed by atoms with Gasteiger partial charge in [0.2, 0.25) is 0 Å². The Labute approximate surface area is 195 Å². The molecule has 5 rings (SSSR count). The van der Waals surface area contributed by atoms with Crippen molar-refractivity contribution < 1.29 is 4.39 Å². The van der Waals surface area contributed by atoms with Crippen LogP contribution in [0.25, 0.3) is 27.5 Å². The molecule has 0 saturated carbocycles. The molecule has 0 fully saturated rings. The summed E-state index contributed by atoms with van der Waals surface area (Å²) < 4.78 is 16.0. The Morgan fingerprint density at radius 2 is 1.75 bits per heavy atom. The summed E-state index contributed by atoms with van der Waals surface area (Å²) in [7, 11) is 0. The van der Waals surface area contributed by atoms with Crippen LogP contribution in [0.5, 0.6) is 0 Å². The molecular weight excluding hydrogens is 470 g/mol. The van der Waals surface area contributed by atoms with Crippen molar-refractivity contribution in [3.63, 3.8) is 0 Å². The van der Waals surface area contributed by atoms with Crippen LogP contribution in [0.1, 0.15) is 5.82 Å². The molecule has 0 atom stereocenters. The van der Waals surface area contributed by atoms with E-state index >= 15 is 0 Å². The van der Waals surface area contributed by atoms with Gasteiger partial charge in [-0.2, -0.15) is 0 Å². The highest BCUT2D eigenvalue weighted by Gasteiger charge is 2.18. The van der Waals surface area contributed by atoms with Gasteiger partial charge in [-0.25, -0.2) is 19.3 Å². The van der Waals surface area contributed by atoms with Crippen molar-refractivity contribution in [2.24, 2.45) is 0 Å². The van der Waals surface area contributed by atoms with Crippen molar-refractivity contribution in [2.45, 2.75) is 10.8 Å². The molecule has 0 unspecified atom stereocenters. The van der Waals surface area contributed by atoms with Gasteiger partial charge in [-0.3, -0.25) is 9.36 Å². The van der Waals surface area contributed by atoms with E-state index in [1.807, 2.05) is 24.3 Å². The standard InChI is InChI=1S/C23H13Cl2FN4OS/c24-13-9-15-21(16(25)10-13)29-20(30(23(15)31)19-8-4-2-6-17(19)26)11-32-22-14-5-1-3-7-18(14)27-12-28-22/h1-10,12H,11H2. The topological polar surface area (TPSA) is 60.7 Å². The monoisotopic (exact) mass is 482 g/mol. The first kappa shape index (κ1) is 20.9. The lowest BCUT2D eigenvalue weighted by molar-refractivity contribution is 0.613. The van der Waals surface area contributed by atoms with Crippen LogP contribution in [-0.2, 0) is 5.75 Å². The third kappa shape index (κ3) is 3.72. The highest BCUT2D eigenvalue weighted by Crippen LogP contribution is 2.30. The molecule has 0 aliphatic heterocycles. The van der Waals surface area contributed by atoms with Gasteiger partial charge in [-0.1, -0.05) is 65.3 Å². The minimum absolute atomic E-state index is 0.103. The van der Waals surface area contributed by atoms with E-state index < -0.39 is 11.4 Å². The molecule has 3 aromatic carbocycles. The van der Waals surface area contributed by atoms with Crippen LogP contribution >= 0.6 is 35.0 Å². The Morgan fingerprint density at radius 1 is 0.969 bits per heavy atom. The largest absolute Gasteiger partial charge is 0.268 e. The van der Waals surface area contributed by atoms with Crippen molar-refractivity contribution in [1.29, 1.82) is 0 Å². The zero-order valence-electron chi connectivity index (χ0n) is 16.3. The molecule has 158 valence electrons. The summed E-state index contributed by atoms with van der Waals surface area (Å²) in [5.74, 6) is 0.0477. The third-order valence-electron chi connectivity index (χ3n) is 4.90. The number of hydrogen-bond donors (Lipinski definition) is 0. The molecule has 0 aliphatic rings. The normalized spacial score (nSPS) is 11.3. The number of fused-ring (bicyclic) bond motifs is 2. The van der Waals surface area contributed by atoms with E-state index in [1.54, 1.807) is 12.1 Å². The molecule has 0 aliphatic carbocycles. The molecular formula is C23H13Cl2FN4OS. The first-order valence-corrected chi connectivity index (χ1v) is 11.2. The minimum Gasteiger partial charge on any atom is -0.268 e. The smallest absolute Gasteiger partial charge is 0.266 e. The van der Waals surface area contributed by atoms with Crippen LogP contribution in [0.4, 0.5) is 4.39 Å². The fourth-order valence-corrected chi connectivity index (χ4v) is 4.91. The molecule has 0 bridgehead atoms. The summed E-state index contributed by atoms with van der Waals surface area (Å²) >= 11 is 13.8. The summed E-state index contributed by atoms with van der Waals surface area (Å²) in [6.45, 7) is 0. The third-order valence-corrected chi connectivity index (χ3v) is 6.41. The summed E-state index contributed by atoms with van der Waals surface area (Å²) in [5, 5.41) is 2.38. The molecule has 0 radical (unpaired) electrons. The van der Waals surface area contributed by atoms with Gasteiger partial charge in [0.1, 0.15) is 23.0 Å². The SMILES string of the molecule is O=c1c2cc(Cl)cc(Cl)c2nc(CSc2ncnc3ccccc23)n1-c1ccccc1F. The van der Waals surface area contributed by atoms with Crippen LogP contribution in [0.15, 0.2) is 76.8 Å². The lowest BCUT2D eigenvalue weighted by Gasteiger charge is -2.15. The Hall–Kier alpha value is -3.00. The van der Waals surface area contributed by atoms with Gasteiger partial charge in [0.15, 0.2) is 0 Å². The Morgan fingerprint density at radius 3 is 2.59 bits per heavy atom. The Bertz CT molecular complexity index is 1550. The van der Waals surface area contributed by atoms with Crippen molar-refractivity contribution in [2.75, 3.05) is 0 Å². The van der Waals surface area contributed by atoms with E-state index in [0.717, 1.165) is 15.9 Å². The van der Waals surface area contributed by atoms with Crippen molar-refractivity contribution in [1.82, 2.24) is 19.5 Å². The fraction of sp³-hybridized carbons (Fsp3) is 0.0435. The molecule has 5 aromatic rings. The summed E-state index contributed by atoms with van der Waals surface area (Å²) in [6.07, 6.45) is 1.49. The number of aromatic nitrogens is 4. The molecule has 0 amide bonds. The maximum Gasteiger partial charge on any atom is 0.266 e. The highest BCUT2D eigenvalue weighted by atomic mass is 35.5. The van der Waals surface area contributed by atoms with Crippen molar-refractivity contribution in [3.05, 3.63) is 99.0 Å². The number of hydrogen-bond acceptors (Lipinski definition) is 5. The van der Waals surface area contributed by atoms with Gasteiger partial charge < -0.3 is 0 Å². The van der Waals surface area contributed by atoms with Gasteiger partial charge in [-0.05, 0) is 30.3 Å². The van der Waals surface area contributed by atoms with E-state index in [0.29, 0.717) is 16.4 Å². The number of rotatable bonds is 4. The average Bonchev–Trinajstić information content (AvgIpc) is 2.79. The molecule has 0 saturated heterocycles. The maximum absolute atomic E-state index is 14.7. The summed E-state index contributed by atoms with van der Waals surface area (Å²) in [5.41, 5.74) is 0.774. The number of nitrogens with zero attached hydrogens (tertiary/aromatic N) is 4. The Balaban J connectivity index is 1.70. The number of thioether (sulfide) groups is 1. The first-order chi connectivity index (χ1) is 15.5. The predicted molar refractivity (Wildman–Crippen MR) is 126 cm³/mol. The van der Waals surface area contributed by atoms with E-state index in [1.165, 1.54) is 46.9 Å². The van der Waals surface area contributed by atoms with Crippen LogP contribution in [-0.4, -0.2) is 19.5 Å². The summed E-state index contributed by atoms with van der Waals surface area (Å²) in [4.78, 5) is 26.7. The molecule has 9 heteroatoms. The van der Waals surface area contributed by atoms with Crippen LogP contribution < -0.4 is 5.56 Å². The molecule has 0 N–H and O–H groups in total. The van der Waals surface area contributed by atoms with Crippen LogP contribution in [0, 0.1) is 5.82 Å². The van der Waals surface area contributed by atoms with Gasteiger partial charge >= 0.3 is 0 Å². The molecule has 2 aromatic heterocycles. The lowest BCUT2D eigenvalue weighted by atomic mass is 10.2. The van der Waals surface area contributed by atoms with E-state index in [4.69, 9.17) is 23.2 Å². The summed E-state index contributed by atoms with van der Waals surface area (Å²) in [6, 6.07) is 16.7. The van der Waals surface area contributed by atoms with E-state index in [9.17, 15) is 9.18 Å². The molecule has 5 nitrogen and oxygen atoms in total. The minimum atomic E-state index is -0.539. The van der Waals surface area contributed by atoms with Gasteiger partial charge in [0, 0.05) is 10.4 Å². The molecule has 2 heterocycles. The quantitative estimate of drug-likeness (QED) is 0.230. The Kier molecular flexibility index (Phi) is 5.55.